The number of carbonyl (C=O) groups is 1. The number of hydrogen-bond donors (Lipinski definition) is 1. The summed E-state index contributed by atoms with van der Waals surface area (Å²) in [6.45, 7) is 1.11. The van der Waals surface area contributed by atoms with Gasteiger partial charge in [0.2, 0.25) is 5.56 Å². The van der Waals surface area contributed by atoms with Gasteiger partial charge in [0.25, 0.3) is 6.43 Å². The molecule has 0 saturated carbocycles. The Hall–Kier alpha value is -2.13. The topological polar surface area (TPSA) is 68.4 Å². The van der Waals surface area contributed by atoms with E-state index in [9.17, 15) is 31.5 Å². The van der Waals surface area contributed by atoms with Gasteiger partial charge >= 0.3 is 12.3 Å². The van der Waals surface area contributed by atoms with Crippen LogP contribution in [0.4, 0.5) is 22.0 Å². The fraction of sp³-hybridized carbons (Fsp3) is 0.400. The minimum absolute atomic E-state index is 0.217. The Kier molecular flexibility index (Phi) is 4.69. The lowest BCUT2D eigenvalue weighted by atomic mass is 10.2. The third-order valence-electron chi connectivity index (χ3n) is 1.96. The molecule has 0 aliphatic carbocycles. The van der Waals surface area contributed by atoms with E-state index < -0.39 is 41.3 Å². The molecule has 0 amide bonds. The minimum atomic E-state index is -5.32. The molecule has 0 aliphatic heterocycles. The van der Waals surface area contributed by atoms with E-state index in [2.05, 4.69) is 9.47 Å². The standard InChI is InChI=1S/C10H8F5NO4/c1-2-19-9(18)6-7(20-10(13,14)15)4(8(11)12)3-5(17)16-6/h3,8H,2H2,1H3,(H,16,17). The van der Waals surface area contributed by atoms with E-state index in [1.807, 2.05) is 0 Å². The van der Waals surface area contributed by atoms with Crippen molar-refractivity contribution in [1.82, 2.24) is 4.98 Å². The maximum atomic E-state index is 12.7. The summed E-state index contributed by atoms with van der Waals surface area (Å²) >= 11 is 0. The molecule has 0 bridgehead atoms. The Morgan fingerprint density at radius 2 is 2.00 bits per heavy atom. The van der Waals surface area contributed by atoms with E-state index >= 15 is 0 Å². The molecule has 112 valence electrons. The number of H-pyrrole nitrogens is 1. The highest BCUT2D eigenvalue weighted by Gasteiger charge is 2.36. The lowest BCUT2D eigenvalue weighted by Gasteiger charge is -2.15. The van der Waals surface area contributed by atoms with Crippen molar-refractivity contribution >= 4 is 5.97 Å². The zero-order chi connectivity index (χ0) is 15.5. The number of rotatable bonds is 4. The van der Waals surface area contributed by atoms with Crippen molar-refractivity contribution in [3.05, 3.63) is 27.7 Å². The summed E-state index contributed by atoms with van der Waals surface area (Å²) in [4.78, 5) is 24.2. The maximum Gasteiger partial charge on any atom is 0.573 e. The van der Waals surface area contributed by atoms with Crippen LogP contribution in [-0.4, -0.2) is 23.9 Å². The van der Waals surface area contributed by atoms with Gasteiger partial charge in [0.1, 0.15) is 0 Å². The summed E-state index contributed by atoms with van der Waals surface area (Å²) in [7, 11) is 0. The van der Waals surface area contributed by atoms with Crippen LogP contribution in [0.1, 0.15) is 29.4 Å². The van der Waals surface area contributed by atoms with Gasteiger partial charge in [-0.05, 0) is 6.92 Å². The molecule has 1 heterocycles. The smallest absolute Gasteiger partial charge is 0.461 e. The fourth-order valence-corrected chi connectivity index (χ4v) is 1.30. The molecule has 0 spiro atoms. The van der Waals surface area contributed by atoms with E-state index in [0.717, 1.165) is 0 Å². The van der Waals surface area contributed by atoms with Crippen LogP contribution < -0.4 is 10.3 Å². The molecule has 1 rings (SSSR count). The second-order valence-electron chi connectivity index (χ2n) is 3.36. The lowest BCUT2D eigenvalue weighted by Crippen LogP contribution is -2.24. The average molecular weight is 301 g/mol. The molecule has 0 aliphatic rings. The molecule has 20 heavy (non-hydrogen) atoms. The van der Waals surface area contributed by atoms with Crippen molar-refractivity contribution < 1.29 is 36.2 Å². The number of nitrogens with one attached hydrogen (secondary N) is 1. The number of ether oxygens (including phenoxy) is 2. The van der Waals surface area contributed by atoms with Crippen LogP contribution in [0.2, 0.25) is 0 Å². The molecule has 0 fully saturated rings. The van der Waals surface area contributed by atoms with E-state index in [-0.39, 0.29) is 12.7 Å². The average Bonchev–Trinajstić information content (AvgIpc) is 2.29. The first-order chi connectivity index (χ1) is 9.15. The number of pyridine rings is 1. The monoisotopic (exact) mass is 301 g/mol. The number of alkyl halides is 5. The highest BCUT2D eigenvalue weighted by atomic mass is 19.4. The lowest BCUT2D eigenvalue weighted by molar-refractivity contribution is -0.275. The Balaban J connectivity index is 3.47. The van der Waals surface area contributed by atoms with Gasteiger partial charge in [0.05, 0.1) is 12.2 Å². The predicted octanol–water partition coefficient (Wildman–Crippen LogP) is 2.39. The van der Waals surface area contributed by atoms with Crippen LogP contribution in [0.25, 0.3) is 0 Å². The maximum absolute atomic E-state index is 12.7. The summed E-state index contributed by atoms with van der Waals surface area (Å²) in [5, 5.41) is 0. The molecule has 5 nitrogen and oxygen atoms in total. The van der Waals surface area contributed by atoms with Gasteiger partial charge in [0, 0.05) is 6.07 Å². The van der Waals surface area contributed by atoms with Crippen LogP contribution in [0.15, 0.2) is 10.9 Å². The Morgan fingerprint density at radius 3 is 2.45 bits per heavy atom. The van der Waals surface area contributed by atoms with Gasteiger partial charge < -0.3 is 14.5 Å². The van der Waals surface area contributed by atoms with E-state index in [4.69, 9.17) is 0 Å². The number of carbonyl (C=O) groups excluding carboxylic acids is 1. The highest BCUT2D eigenvalue weighted by molar-refractivity contribution is 5.90. The third-order valence-corrected chi connectivity index (χ3v) is 1.96. The second-order valence-corrected chi connectivity index (χ2v) is 3.36. The van der Waals surface area contributed by atoms with Crippen molar-refractivity contribution in [3.8, 4) is 5.75 Å². The summed E-state index contributed by atoms with van der Waals surface area (Å²) in [5.74, 6) is -2.89. The molecule has 0 unspecified atom stereocenters. The summed E-state index contributed by atoms with van der Waals surface area (Å²) < 4.78 is 69.7. The van der Waals surface area contributed by atoms with Crippen LogP contribution in [-0.2, 0) is 4.74 Å². The molecular weight excluding hydrogens is 293 g/mol. The first-order valence-electron chi connectivity index (χ1n) is 5.14. The molecule has 1 N–H and O–H groups in total. The van der Waals surface area contributed by atoms with Crippen molar-refractivity contribution in [2.45, 2.75) is 19.7 Å². The van der Waals surface area contributed by atoms with Crippen molar-refractivity contribution in [1.29, 1.82) is 0 Å². The number of aromatic amines is 1. The molecule has 0 radical (unpaired) electrons. The number of halogens is 5. The second kappa shape index (κ2) is 5.88. The van der Waals surface area contributed by atoms with Crippen LogP contribution in [0.3, 0.4) is 0 Å². The van der Waals surface area contributed by atoms with Crippen molar-refractivity contribution in [2.75, 3.05) is 6.61 Å². The van der Waals surface area contributed by atoms with Gasteiger partial charge in [-0.3, -0.25) is 4.79 Å². The minimum Gasteiger partial charge on any atom is -0.461 e. The van der Waals surface area contributed by atoms with Gasteiger partial charge in [0.15, 0.2) is 11.4 Å². The SMILES string of the molecule is CCOC(=O)c1[nH]c(=O)cc(C(F)F)c1OC(F)(F)F. The van der Waals surface area contributed by atoms with Crippen molar-refractivity contribution in [2.24, 2.45) is 0 Å². The van der Waals surface area contributed by atoms with Gasteiger partial charge in [-0.2, -0.15) is 0 Å². The molecule has 0 aromatic carbocycles. The normalized spacial score (nSPS) is 11.6. The highest BCUT2D eigenvalue weighted by Crippen LogP contribution is 2.34. The summed E-state index contributed by atoms with van der Waals surface area (Å²) in [6, 6.07) is 0.217. The van der Waals surface area contributed by atoms with Gasteiger partial charge in [-0.25, -0.2) is 13.6 Å². The molecule has 1 aromatic heterocycles. The molecule has 0 saturated heterocycles. The van der Waals surface area contributed by atoms with Gasteiger partial charge in [-0.1, -0.05) is 0 Å². The van der Waals surface area contributed by atoms with Gasteiger partial charge in [-0.15, -0.1) is 13.2 Å². The first-order valence-corrected chi connectivity index (χ1v) is 5.14. The largest absolute Gasteiger partial charge is 0.573 e. The zero-order valence-electron chi connectivity index (χ0n) is 9.88. The quantitative estimate of drug-likeness (QED) is 0.685. The van der Waals surface area contributed by atoms with E-state index in [1.54, 1.807) is 4.98 Å². The Morgan fingerprint density at radius 1 is 1.40 bits per heavy atom. The summed E-state index contributed by atoms with van der Waals surface area (Å²) in [6.07, 6.45) is -8.76. The summed E-state index contributed by atoms with van der Waals surface area (Å²) in [5.41, 5.74) is -3.65. The first kappa shape index (κ1) is 15.9. The zero-order valence-corrected chi connectivity index (χ0v) is 9.88. The predicted molar refractivity (Wildman–Crippen MR) is 54.7 cm³/mol. The molecule has 1 aromatic rings. The van der Waals surface area contributed by atoms with Crippen LogP contribution >= 0.6 is 0 Å². The Labute approximate surface area is 108 Å². The molecule has 10 heteroatoms. The Bertz CT molecular complexity index is 552. The third kappa shape index (κ3) is 3.93. The fourth-order valence-electron chi connectivity index (χ4n) is 1.30. The molecular formula is C10H8F5NO4. The molecule has 0 atom stereocenters. The van der Waals surface area contributed by atoms with Crippen LogP contribution in [0, 0.1) is 0 Å². The number of aromatic nitrogens is 1. The van der Waals surface area contributed by atoms with E-state index in [0.29, 0.717) is 0 Å². The van der Waals surface area contributed by atoms with E-state index in [1.165, 1.54) is 6.92 Å². The number of hydrogen-bond acceptors (Lipinski definition) is 4. The van der Waals surface area contributed by atoms with Crippen molar-refractivity contribution in [3.63, 3.8) is 0 Å². The van der Waals surface area contributed by atoms with Crippen LogP contribution in [0.5, 0.6) is 5.75 Å². The number of esters is 1.